The van der Waals surface area contributed by atoms with Gasteiger partial charge in [-0.3, -0.25) is 9.59 Å². The predicted molar refractivity (Wildman–Crippen MR) is 111 cm³/mol. The molecule has 0 bridgehead atoms. The number of allylic oxidation sites excluding steroid dienone is 1. The average molecular weight is 409 g/mol. The molecule has 1 aromatic rings. The topological polar surface area (TPSA) is 83.8 Å². The maximum absolute atomic E-state index is 12.2. The van der Waals surface area contributed by atoms with Crippen LogP contribution < -0.4 is 5.32 Å². The number of thioether (sulfide) groups is 2. The largest absolute Gasteiger partial charge is 0.301 e. The molecule has 2 amide bonds. The lowest BCUT2D eigenvalue weighted by Gasteiger charge is -2.12. The molecule has 6 nitrogen and oxygen atoms in total. The van der Waals surface area contributed by atoms with Crippen LogP contribution in [0.2, 0.25) is 0 Å². The smallest absolute Gasteiger partial charge is 0.261 e. The highest BCUT2D eigenvalue weighted by atomic mass is 32.2. The highest BCUT2D eigenvalue weighted by Gasteiger charge is 2.34. The Hall–Kier alpha value is -1.45. The van der Waals surface area contributed by atoms with Gasteiger partial charge in [-0.1, -0.05) is 31.7 Å². The van der Waals surface area contributed by atoms with Crippen LogP contribution in [0.1, 0.15) is 24.4 Å². The summed E-state index contributed by atoms with van der Waals surface area (Å²) in [5.74, 6) is 0.977. The molecule has 0 aromatic carbocycles. The van der Waals surface area contributed by atoms with Crippen molar-refractivity contribution >= 4 is 62.7 Å². The zero-order valence-corrected chi connectivity index (χ0v) is 17.5. The SMILES string of the molecule is Cc1nc(NC(=O)CSCC2=NC(=O)C3C=C(C(C)C)SC3=N2)sc1C. The molecule has 0 radical (unpaired) electrons. The molecule has 1 aromatic heterocycles. The zero-order valence-electron chi connectivity index (χ0n) is 15.0. The number of hydrogen-bond acceptors (Lipinski definition) is 7. The lowest BCUT2D eigenvalue weighted by molar-refractivity contribution is -0.118. The van der Waals surface area contributed by atoms with Crippen molar-refractivity contribution < 1.29 is 9.59 Å². The minimum atomic E-state index is -0.314. The molecule has 1 N–H and O–H groups in total. The van der Waals surface area contributed by atoms with Crippen molar-refractivity contribution in [3.05, 3.63) is 21.6 Å². The molecule has 2 aliphatic rings. The van der Waals surface area contributed by atoms with Gasteiger partial charge in [0.25, 0.3) is 5.91 Å². The van der Waals surface area contributed by atoms with Crippen LogP contribution in [0, 0.1) is 25.7 Å². The molecule has 3 heterocycles. The van der Waals surface area contributed by atoms with Crippen LogP contribution in [0.4, 0.5) is 5.13 Å². The van der Waals surface area contributed by atoms with Crippen molar-refractivity contribution in [2.24, 2.45) is 21.8 Å². The van der Waals surface area contributed by atoms with Crippen LogP contribution in [-0.2, 0) is 9.59 Å². The van der Waals surface area contributed by atoms with Gasteiger partial charge in [-0.2, -0.15) is 4.99 Å². The Kier molecular flexibility index (Phi) is 5.99. The first-order valence-corrected chi connectivity index (χ1v) is 11.0. The molecule has 1 unspecified atom stereocenters. The molecule has 3 rings (SSSR count). The van der Waals surface area contributed by atoms with E-state index in [1.165, 1.54) is 28.0 Å². The van der Waals surface area contributed by atoms with Crippen molar-refractivity contribution in [1.82, 2.24) is 4.98 Å². The Balaban J connectivity index is 1.50. The Morgan fingerprint density at radius 3 is 2.77 bits per heavy atom. The van der Waals surface area contributed by atoms with Gasteiger partial charge in [0.1, 0.15) is 11.8 Å². The van der Waals surface area contributed by atoms with Crippen molar-refractivity contribution in [1.29, 1.82) is 0 Å². The first-order valence-electron chi connectivity index (χ1n) is 8.24. The third kappa shape index (κ3) is 4.44. The van der Waals surface area contributed by atoms with Crippen molar-refractivity contribution in [3.8, 4) is 0 Å². The van der Waals surface area contributed by atoms with E-state index in [-0.39, 0.29) is 23.5 Å². The van der Waals surface area contributed by atoms with Crippen molar-refractivity contribution in [2.75, 3.05) is 16.8 Å². The number of carbonyl (C=O) groups is 2. The van der Waals surface area contributed by atoms with Crippen LogP contribution in [0.25, 0.3) is 0 Å². The van der Waals surface area contributed by atoms with Gasteiger partial charge in [-0.25, -0.2) is 9.98 Å². The van der Waals surface area contributed by atoms with Gasteiger partial charge in [-0.05, 0) is 24.7 Å². The number of thiazole rings is 1. The van der Waals surface area contributed by atoms with E-state index in [2.05, 4.69) is 34.1 Å². The summed E-state index contributed by atoms with van der Waals surface area (Å²) in [7, 11) is 0. The number of aryl methyl sites for hydroxylation is 2. The van der Waals surface area contributed by atoms with E-state index in [1.54, 1.807) is 11.8 Å². The molecule has 2 aliphatic heterocycles. The predicted octanol–water partition coefficient (Wildman–Crippen LogP) is 3.67. The first kappa shape index (κ1) is 19.3. The van der Waals surface area contributed by atoms with Crippen LogP contribution in [0.5, 0.6) is 0 Å². The summed E-state index contributed by atoms with van der Waals surface area (Å²) in [6, 6.07) is 0. The van der Waals surface area contributed by atoms with E-state index >= 15 is 0 Å². The summed E-state index contributed by atoms with van der Waals surface area (Å²) in [4.78, 5) is 39.4. The fourth-order valence-electron chi connectivity index (χ4n) is 2.36. The molecule has 0 saturated carbocycles. The molecule has 138 valence electrons. The second kappa shape index (κ2) is 8.06. The van der Waals surface area contributed by atoms with E-state index < -0.39 is 0 Å². The third-order valence-electron chi connectivity index (χ3n) is 3.87. The molecule has 26 heavy (non-hydrogen) atoms. The number of amidine groups is 1. The van der Waals surface area contributed by atoms with Crippen molar-refractivity contribution in [3.63, 3.8) is 0 Å². The van der Waals surface area contributed by atoms with E-state index in [4.69, 9.17) is 0 Å². The highest BCUT2D eigenvalue weighted by molar-refractivity contribution is 8.17. The first-order chi connectivity index (χ1) is 12.3. The molecule has 0 fully saturated rings. The maximum atomic E-state index is 12.2. The number of amides is 2. The lowest BCUT2D eigenvalue weighted by atomic mass is 10.1. The van der Waals surface area contributed by atoms with Crippen LogP contribution >= 0.6 is 34.9 Å². The minimum absolute atomic E-state index is 0.115. The zero-order chi connectivity index (χ0) is 18.8. The molecule has 1 atom stereocenters. The van der Waals surface area contributed by atoms with Gasteiger partial charge in [0.15, 0.2) is 5.13 Å². The minimum Gasteiger partial charge on any atom is -0.301 e. The number of hydrogen-bond donors (Lipinski definition) is 1. The number of anilines is 1. The van der Waals surface area contributed by atoms with Crippen LogP contribution in [-0.4, -0.2) is 39.2 Å². The molecular weight excluding hydrogens is 388 g/mol. The molecule has 0 spiro atoms. The summed E-state index contributed by atoms with van der Waals surface area (Å²) in [6.45, 7) is 8.09. The van der Waals surface area contributed by atoms with Gasteiger partial charge in [-0.15, -0.1) is 23.1 Å². The fraction of sp³-hybridized carbons (Fsp3) is 0.471. The van der Waals surface area contributed by atoms with Crippen molar-refractivity contribution in [2.45, 2.75) is 27.7 Å². The van der Waals surface area contributed by atoms with Gasteiger partial charge in [0.05, 0.1) is 22.2 Å². The molecular formula is C17H20N4O2S3. The Labute approximate surface area is 165 Å². The summed E-state index contributed by atoms with van der Waals surface area (Å²) < 4.78 is 0. The van der Waals surface area contributed by atoms with Gasteiger partial charge in [0, 0.05) is 4.88 Å². The average Bonchev–Trinajstić information content (AvgIpc) is 3.11. The summed E-state index contributed by atoms with van der Waals surface area (Å²) in [5.41, 5.74) is 0.932. The summed E-state index contributed by atoms with van der Waals surface area (Å²) in [6.07, 6.45) is 1.97. The normalized spacial score (nSPS) is 19.2. The number of rotatable bonds is 6. The Morgan fingerprint density at radius 1 is 1.35 bits per heavy atom. The van der Waals surface area contributed by atoms with Crippen LogP contribution in [0.3, 0.4) is 0 Å². The lowest BCUT2D eigenvalue weighted by Crippen LogP contribution is -2.24. The second-order valence-electron chi connectivity index (χ2n) is 6.32. The van der Waals surface area contributed by atoms with E-state index in [0.717, 1.165) is 15.6 Å². The second-order valence-corrected chi connectivity index (χ2v) is 9.60. The summed E-state index contributed by atoms with van der Waals surface area (Å²) >= 11 is 4.43. The number of nitrogens with one attached hydrogen (secondary N) is 1. The molecule has 0 saturated heterocycles. The number of nitrogens with zero attached hydrogens (tertiary/aromatic N) is 3. The monoisotopic (exact) mass is 408 g/mol. The van der Waals surface area contributed by atoms with Gasteiger partial charge < -0.3 is 5.32 Å². The van der Waals surface area contributed by atoms with E-state index in [9.17, 15) is 9.59 Å². The van der Waals surface area contributed by atoms with Crippen LogP contribution in [0.15, 0.2) is 21.0 Å². The van der Waals surface area contributed by atoms with Gasteiger partial charge >= 0.3 is 0 Å². The Morgan fingerprint density at radius 2 is 2.12 bits per heavy atom. The quantitative estimate of drug-likeness (QED) is 0.776. The third-order valence-corrected chi connectivity index (χ3v) is 7.19. The number of carbonyl (C=O) groups excluding carboxylic acids is 2. The van der Waals surface area contributed by atoms with Gasteiger partial charge in [0.2, 0.25) is 5.91 Å². The molecule has 9 heteroatoms. The van der Waals surface area contributed by atoms with E-state index in [0.29, 0.717) is 22.6 Å². The number of fused-ring (bicyclic) bond motifs is 1. The van der Waals surface area contributed by atoms with E-state index in [1.807, 2.05) is 19.9 Å². The standard InChI is InChI=1S/C17H20N4O2S3/c1-8(2)12-5-11-15(23)19-13(20-16(11)26-12)6-24-7-14(22)21-17-18-9(3)10(4)25-17/h5,8,11H,6-7H2,1-4H3,(H,18,21,22). The summed E-state index contributed by atoms with van der Waals surface area (Å²) in [5, 5.41) is 4.22. The number of aromatic nitrogens is 1. The Bertz CT molecular complexity index is 820. The number of aliphatic imine (C=N–C) groups is 2. The fourth-order valence-corrected chi connectivity index (χ4v) is 4.99. The molecule has 0 aliphatic carbocycles. The highest BCUT2D eigenvalue weighted by Crippen LogP contribution is 2.38. The maximum Gasteiger partial charge on any atom is 0.261 e.